The Labute approximate surface area is 199 Å². The minimum Gasteiger partial charge on any atom is -0.756 e. The van der Waals surface area contributed by atoms with Gasteiger partial charge in [0.2, 0.25) is 18.0 Å². The van der Waals surface area contributed by atoms with Crippen molar-refractivity contribution < 1.29 is 66.7 Å². The summed E-state index contributed by atoms with van der Waals surface area (Å²) in [6.07, 6.45) is -11.8. The van der Waals surface area contributed by atoms with Crippen LogP contribution < -0.4 is 20.8 Å². The number of nitrogens with one attached hydrogen (secondary N) is 1. The molecule has 2 saturated heterocycles. The van der Waals surface area contributed by atoms with Crippen molar-refractivity contribution in [3.05, 3.63) is 16.7 Å². The Hall–Kier alpha value is -1.83. The lowest BCUT2D eigenvalue weighted by Gasteiger charge is -2.26. The molecule has 2 aromatic heterocycles. The first-order chi connectivity index (χ1) is 16.8. The van der Waals surface area contributed by atoms with Crippen LogP contribution in [0.25, 0.3) is 11.2 Å². The zero-order valence-corrected chi connectivity index (χ0v) is 19.6. The van der Waals surface area contributed by atoms with Crippen LogP contribution in [0.1, 0.15) is 12.5 Å². The summed E-state index contributed by atoms with van der Waals surface area (Å²) in [5.41, 5.74) is 4.39. The molecular formula is C15H21N5O14P2. The number of phosphoric acid groups is 2. The quantitative estimate of drug-likeness (QED) is 0.119. The van der Waals surface area contributed by atoms with E-state index in [9.17, 15) is 44.1 Å². The van der Waals surface area contributed by atoms with E-state index in [-0.39, 0.29) is 17.1 Å². The summed E-state index contributed by atoms with van der Waals surface area (Å²) < 4.78 is 50.6. The average molecular weight is 557 g/mol. The number of rotatable bonds is 0. The lowest BCUT2D eigenvalue weighted by atomic mass is 10.1. The molecule has 8 N–H and O–H groups in total. The Morgan fingerprint density at radius 2 is 1.72 bits per heavy atom. The van der Waals surface area contributed by atoms with Crippen molar-refractivity contribution >= 4 is 32.8 Å². The summed E-state index contributed by atoms with van der Waals surface area (Å²) >= 11 is 0. The van der Waals surface area contributed by atoms with Crippen LogP contribution in [-0.4, -0.2) is 89.7 Å². The third-order valence-electron chi connectivity index (χ3n) is 5.87. The van der Waals surface area contributed by atoms with Crippen LogP contribution in [0.15, 0.2) is 11.1 Å². The number of nitrogens with two attached hydrogens (primary N) is 1. The molecule has 0 aromatic carbocycles. The molecule has 2 unspecified atom stereocenters. The van der Waals surface area contributed by atoms with Crippen LogP contribution in [0.2, 0.25) is 0 Å². The van der Waals surface area contributed by atoms with Gasteiger partial charge in [0, 0.05) is 0 Å². The maximum Gasteiger partial charge on any atom is 0.478 e. The van der Waals surface area contributed by atoms with Crippen molar-refractivity contribution in [2.45, 2.75) is 49.1 Å². The van der Waals surface area contributed by atoms with Crippen LogP contribution in [0.3, 0.4) is 0 Å². The number of aliphatic hydroxyl groups is 4. The number of nitrogen functional groups attached to an aromatic ring is 1. The Morgan fingerprint density at radius 3 is 2.44 bits per heavy atom. The number of fused-ring (bicyclic) bond motifs is 11. The van der Waals surface area contributed by atoms with Gasteiger partial charge in [-0.05, 0) is 0 Å². The zero-order valence-electron chi connectivity index (χ0n) is 17.8. The highest BCUT2D eigenvalue weighted by atomic mass is 31.3. The zero-order chi connectivity index (χ0) is 26.2. The Kier molecular flexibility index (Phi) is 6.37. The number of aromatic nitrogens is 4. The molecule has 0 saturated carbocycles. The molecule has 36 heavy (non-hydrogen) atoms. The number of anilines is 1. The van der Waals surface area contributed by atoms with E-state index in [0.29, 0.717) is 0 Å². The van der Waals surface area contributed by atoms with Gasteiger partial charge in [0.15, 0.2) is 6.33 Å². The van der Waals surface area contributed by atoms with E-state index in [4.69, 9.17) is 15.2 Å². The van der Waals surface area contributed by atoms with E-state index in [1.165, 1.54) is 0 Å². The van der Waals surface area contributed by atoms with Gasteiger partial charge in [0.25, 0.3) is 19.3 Å². The molecular weight excluding hydrogens is 536 g/mol. The van der Waals surface area contributed by atoms with Gasteiger partial charge in [-0.25, -0.2) is 18.0 Å². The number of ether oxygens (including phenoxy) is 2. The van der Waals surface area contributed by atoms with Crippen molar-refractivity contribution in [1.82, 2.24) is 14.5 Å². The third-order valence-corrected chi connectivity index (χ3v) is 8.44. The fraction of sp³-hybridized carbons (Fsp3) is 0.667. The Balaban J connectivity index is 1.66. The van der Waals surface area contributed by atoms with Crippen LogP contribution in [0, 0.1) is 0 Å². The third kappa shape index (κ3) is 4.41. The Morgan fingerprint density at radius 1 is 1.08 bits per heavy atom. The van der Waals surface area contributed by atoms with E-state index >= 15 is 0 Å². The molecule has 0 aliphatic carbocycles. The maximum atomic E-state index is 12.8. The van der Waals surface area contributed by atoms with Gasteiger partial charge < -0.3 is 49.9 Å². The standard InChI is InChI=1S/C15H21N5O14P2/c16-15-17-11-6(12(25)18-15)19-3-20(11)14-10(24)8(22)5(33-14)2-31-36(28,29)34-35(26,27)30-1-4-7(21)9(23)13(19)32-4/h3-5,7-10,13-14,21-24H,1-2H2,(H4-,16,17,18,25,26,27,28,29)/t4-,5-,7-,8-,9-,10-,13-,14-/m1/s1. The average Bonchev–Trinajstić information content (AvgIpc) is 3.37. The predicted octanol–water partition coefficient (Wildman–Crippen LogP) is -4.54. The highest BCUT2D eigenvalue weighted by Crippen LogP contribution is 2.58. The van der Waals surface area contributed by atoms with E-state index in [0.717, 1.165) is 15.5 Å². The number of nitrogens with zero attached hydrogens (tertiary/aromatic N) is 3. The molecule has 3 aliphatic rings. The van der Waals surface area contributed by atoms with E-state index in [2.05, 4.69) is 23.3 Å². The molecule has 21 heteroatoms. The van der Waals surface area contributed by atoms with Crippen LogP contribution in [-0.2, 0) is 32.0 Å². The van der Waals surface area contributed by atoms with Crippen molar-refractivity contribution in [2.24, 2.45) is 0 Å². The second kappa shape index (κ2) is 8.88. The molecule has 5 rings (SSSR count). The van der Waals surface area contributed by atoms with Crippen molar-refractivity contribution in [2.75, 3.05) is 18.9 Å². The van der Waals surface area contributed by atoms with Crippen molar-refractivity contribution in [1.29, 1.82) is 0 Å². The fourth-order valence-electron chi connectivity index (χ4n) is 4.21. The molecule has 6 bridgehead atoms. The highest BCUT2D eigenvalue weighted by molar-refractivity contribution is 7.60. The van der Waals surface area contributed by atoms with Crippen LogP contribution in [0.4, 0.5) is 5.95 Å². The first kappa shape index (κ1) is 25.8. The summed E-state index contributed by atoms with van der Waals surface area (Å²) in [5, 5.41) is 42.0. The molecule has 0 amide bonds. The largest absolute Gasteiger partial charge is 0.756 e. The monoisotopic (exact) mass is 557 g/mol. The number of aliphatic hydroxyl groups excluding tert-OH is 4. The minimum atomic E-state index is -5.53. The first-order valence-corrected chi connectivity index (χ1v) is 13.2. The minimum absolute atomic E-state index is 0.191. The predicted molar refractivity (Wildman–Crippen MR) is 107 cm³/mol. The molecule has 200 valence electrons. The van der Waals surface area contributed by atoms with Crippen LogP contribution >= 0.6 is 15.6 Å². The van der Waals surface area contributed by atoms with E-state index in [1.807, 2.05) is 0 Å². The summed E-state index contributed by atoms with van der Waals surface area (Å²) in [7, 11) is -10.9. The van der Waals surface area contributed by atoms with Gasteiger partial charge in [-0.15, -0.1) is 0 Å². The van der Waals surface area contributed by atoms with Gasteiger partial charge >= 0.3 is 13.5 Å². The molecule has 10 atom stereocenters. The second-order valence-corrected chi connectivity index (χ2v) is 11.2. The van der Waals surface area contributed by atoms with E-state index < -0.39 is 83.5 Å². The smallest absolute Gasteiger partial charge is 0.478 e. The molecule has 3 aliphatic heterocycles. The maximum absolute atomic E-state index is 12.8. The van der Waals surface area contributed by atoms with Crippen LogP contribution in [0.5, 0.6) is 0 Å². The molecule has 19 nitrogen and oxygen atoms in total. The molecule has 0 spiro atoms. The fourth-order valence-corrected chi connectivity index (χ4v) is 6.26. The first-order valence-electron chi connectivity index (χ1n) is 10.3. The SMILES string of the molecule is Nc1nc2c(c(=O)[nH]1)n1c[n+]2[C@@H]2O[C@H](COP(=O)(O)OP(=O)([O-])OC[C@H]3O[C@@H]1[C@H](O)[C@@H]3O)[C@@H](O)[C@H]2O. The number of hydrogen-bond donors (Lipinski definition) is 7. The number of phosphoric ester groups is 2. The summed E-state index contributed by atoms with van der Waals surface area (Å²) in [5.74, 6) is -0.332. The molecule has 0 radical (unpaired) electrons. The van der Waals surface area contributed by atoms with Crippen molar-refractivity contribution in [3.8, 4) is 0 Å². The Bertz CT molecular complexity index is 1330. The van der Waals surface area contributed by atoms with Gasteiger partial charge in [0.1, 0.15) is 36.6 Å². The normalized spacial score (nSPS) is 43.7. The van der Waals surface area contributed by atoms with Gasteiger partial charge in [-0.1, -0.05) is 4.98 Å². The molecule has 2 fully saturated rings. The van der Waals surface area contributed by atoms with Gasteiger partial charge in [0.05, 0.1) is 13.2 Å². The summed E-state index contributed by atoms with van der Waals surface area (Å²) in [6, 6.07) is 0. The summed E-state index contributed by atoms with van der Waals surface area (Å²) in [4.78, 5) is 40.9. The van der Waals surface area contributed by atoms with Gasteiger partial charge in [-0.3, -0.25) is 18.9 Å². The number of hydrogen-bond acceptors (Lipinski definition) is 15. The number of H-pyrrole nitrogens is 1. The number of imidazole rings is 1. The number of aromatic amines is 1. The van der Waals surface area contributed by atoms with Gasteiger partial charge in [-0.2, -0.15) is 0 Å². The van der Waals surface area contributed by atoms with Crippen molar-refractivity contribution in [3.63, 3.8) is 0 Å². The molecule has 5 heterocycles. The lowest BCUT2D eigenvalue weighted by Crippen LogP contribution is -2.46. The lowest BCUT2D eigenvalue weighted by molar-refractivity contribution is -0.746. The highest BCUT2D eigenvalue weighted by Gasteiger charge is 2.51. The second-order valence-electron chi connectivity index (χ2n) is 8.23. The van der Waals surface area contributed by atoms with E-state index in [1.54, 1.807) is 0 Å². The topological polar surface area (TPSA) is 285 Å². The molecule has 2 aromatic rings. The summed E-state index contributed by atoms with van der Waals surface area (Å²) in [6.45, 7) is -1.87.